The first-order chi connectivity index (χ1) is 13.3. The molecule has 0 amide bonds. The van der Waals surface area contributed by atoms with Gasteiger partial charge in [-0.2, -0.15) is 0 Å². The third kappa shape index (κ3) is 4.36. The summed E-state index contributed by atoms with van der Waals surface area (Å²) in [6.45, 7) is 2.87. The molecule has 3 aromatic rings. The molecule has 0 saturated carbocycles. The molecule has 3 rings (SSSR count). The Morgan fingerprint density at radius 3 is 1.56 bits per heavy atom. The number of hydrogen-bond acceptors (Lipinski definition) is 2. The van der Waals surface area contributed by atoms with E-state index in [1.807, 2.05) is 25.1 Å². The average molecular weight is 357 g/mol. The second-order valence-electron chi connectivity index (χ2n) is 6.82. The molecule has 1 unspecified atom stereocenters. The van der Waals surface area contributed by atoms with Gasteiger partial charge in [-0.3, -0.25) is 5.32 Å². The van der Waals surface area contributed by atoms with Crippen molar-refractivity contribution in [2.45, 2.75) is 12.5 Å². The first kappa shape index (κ1) is 19.1. The summed E-state index contributed by atoms with van der Waals surface area (Å²) in [6.07, 6.45) is 4.16. The van der Waals surface area contributed by atoms with Gasteiger partial charge in [0.05, 0.1) is 5.54 Å². The first-order valence-corrected chi connectivity index (χ1v) is 9.46. The van der Waals surface area contributed by atoms with Gasteiger partial charge in [0.25, 0.3) is 0 Å². The maximum Gasteiger partial charge on any atom is 0.0950 e. The van der Waals surface area contributed by atoms with Crippen molar-refractivity contribution in [3.63, 3.8) is 0 Å². The lowest BCUT2D eigenvalue weighted by Crippen LogP contribution is -2.44. The highest BCUT2D eigenvalue weighted by Gasteiger charge is 2.35. The summed E-state index contributed by atoms with van der Waals surface area (Å²) >= 11 is 0. The number of benzene rings is 3. The zero-order chi connectivity index (χ0) is 19.0. The number of rotatable bonds is 8. The zero-order valence-corrected chi connectivity index (χ0v) is 15.8. The van der Waals surface area contributed by atoms with E-state index >= 15 is 0 Å². The summed E-state index contributed by atoms with van der Waals surface area (Å²) in [5.41, 5.74) is 3.15. The smallest absolute Gasteiger partial charge is 0.0950 e. The highest BCUT2D eigenvalue weighted by atomic mass is 16.3. The van der Waals surface area contributed by atoms with Crippen LogP contribution in [0, 0.1) is 5.92 Å². The molecular formula is C25H27NO. The third-order valence-corrected chi connectivity index (χ3v) is 4.86. The van der Waals surface area contributed by atoms with E-state index in [0.717, 1.165) is 0 Å². The van der Waals surface area contributed by atoms with Crippen molar-refractivity contribution in [2.75, 3.05) is 13.2 Å². The van der Waals surface area contributed by atoms with Crippen molar-refractivity contribution in [1.82, 2.24) is 5.32 Å². The summed E-state index contributed by atoms with van der Waals surface area (Å²) in [5.74, 6) is 0.159. The minimum atomic E-state index is -0.448. The van der Waals surface area contributed by atoms with Gasteiger partial charge in [-0.15, -0.1) is 0 Å². The van der Waals surface area contributed by atoms with Gasteiger partial charge in [-0.05, 0) is 22.6 Å². The Morgan fingerprint density at radius 1 is 0.778 bits per heavy atom. The molecule has 0 bridgehead atoms. The Bertz CT molecular complexity index is 731. The molecule has 0 aliphatic carbocycles. The van der Waals surface area contributed by atoms with Gasteiger partial charge in [0, 0.05) is 13.2 Å². The second kappa shape index (κ2) is 9.31. The largest absolute Gasteiger partial charge is 0.396 e. The predicted molar refractivity (Wildman–Crippen MR) is 113 cm³/mol. The van der Waals surface area contributed by atoms with E-state index in [0.29, 0.717) is 6.54 Å². The minimum absolute atomic E-state index is 0.159. The van der Waals surface area contributed by atoms with Crippen molar-refractivity contribution in [1.29, 1.82) is 0 Å². The van der Waals surface area contributed by atoms with E-state index in [1.165, 1.54) is 16.7 Å². The number of nitrogens with one attached hydrogen (secondary N) is 1. The average Bonchev–Trinajstić information content (AvgIpc) is 2.75. The van der Waals surface area contributed by atoms with E-state index in [9.17, 15) is 5.11 Å². The molecule has 0 radical (unpaired) electrons. The zero-order valence-electron chi connectivity index (χ0n) is 15.8. The topological polar surface area (TPSA) is 32.3 Å². The molecule has 0 heterocycles. The fraction of sp³-hybridized carbons (Fsp3) is 0.200. The third-order valence-electron chi connectivity index (χ3n) is 4.86. The molecule has 0 spiro atoms. The lowest BCUT2D eigenvalue weighted by atomic mass is 9.77. The summed E-state index contributed by atoms with van der Waals surface area (Å²) in [5, 5.41) is 13.0. The van der Waals surface area contributed by atoms with E-state index in [-0.39, 0.29) is 12.5 Å². The van der Waals surface area contributed by atoms with Gasteiger partial charge in [0.1, 0.15) is 0 Å². The van der Waals surface area contributed by atoms with Crippen LogP contribution < -0.4 is 5.32 Å². The fourth-order valence-corrected chi connectivity index (χ4v) is 3.44. The van der Waals surface area contributed by atoms with Crippen LogP contribution in [0.3, 0.4) is 0 Å². The van der Waals surface area contributed by atoms with Crippen LogP contribution >= 0.6 is 0 Å². The van der Waals surface area contributed by atoms with Crippen LogP contribution in [0.2, 0.25) is 0 Å². The van der Waals surface area contributed by atoms with Gasteiger partial charge < -0.3 is 5.11 Å². The summed E-state index contributed by atoms with van der Waals surface area (Å²) in [7, 11) is 0. The molecule has 3 aromatic carbocycles. The van der Waals surface area contributed by atoms with Crippen LogP contribution in [-0.2, 0) is 5.54 Å². The number of hydrogen-bond donors (Lipinski definition) is 2. The van der Waals surface area contributed by atoms with Crippen molar-refractivity contribution in [3.8, 4) is 0 Å². The normalized spacial score (nSPS) is 13.0. The standard InChI is InChI=1S/C25H27NO/c1-21(20-27)12-11-19-26-25(22-13-5-2-6-14-22,23-15-7-3-8-16-23)24-17-9-4-10-18-24/h2-18,21,26-27H,19-20H2,1H3/b12-11-. The summed E-state index contributed by atoms with van der Waals surface area (Å²) in [6, 6.07) is 31.7. The molecule has 2 N–H and O–H groups in total. The first-order valence-electron chi connectivity index (χ1n) is 9.46. The molecular weight excluding hydrogens is 330 g/mol. The second-order valence-corrected chi connectivity index (χ2v) is 6.82. The Kier molecular flexibility index (Phi) is 6.59. The Morgan fingerprint density at radius 2 is 1.19 bits per heavy atom. The highest BCUT2D eigenvalue weighted by molar-refractivity contribution is 5.49. The van der Waals surface area contributed by atoms with Crippen molar-refractivity contribution >= 4 is 0 Å². The summed E-state index contributed by atoms with van der Waals surface area (Å²) < 4.78 is 0. The molecule has 0 aliphatic rings. The molecule has 2 nitrogen and oxygen atoms in total. The molecule has 27 heavy (non-hydrogen) atoms. The predicted octanol–water partition coefficient (Wildman–Crippen LogP) is 4.75. The molecule has 1 atom stereocenters. The van der Waals surface area contributed by atoms with Gasteiger partial charge in [0.2, 0.25) is 0 Å². The van der Waals surface area contributed by atoms with Crippen LogP contribution in [0.25, 0.3) is 0 Å². The van der Waals surface area contributed by atoms with E-state index < -0.39 is 5.54 Å². The highest BCUT2D eigenvalue weighted by Crippen LogP contribution is 2.36. The van der Waals surface area contributed by atoms with Crippen molar-refractivity contribution in [3.05, 3.63) is 120 Å². The monoisotopic (exact) mass is 357 g/mol. The van der Waals surface area contributed by atoms with Gasteiger partial charge in [-0.25, -0.2) is 0 Å². The lowest BCUT2D eigenvalue weighted by molar-refractivity contribution is 0.262. The van der Waals surface area contributed by atoms with Crippen LogP contribution in [0.5, 0.6) is 0 Å². The lowest BCUT2D eigenvalue weighted by Gasteiger charge is -2.37. The van der Waals surface area contributed by atoms with Crippen LogP contribution in [-0.4, -0.2) is 18.3 Å². The fourth-order valence-electron chi connectivity index (χ4n) is 3.44. The molecule has 0 saturated heterocycles. The van der Waals surface area contributed by atoms with Crippen LogP contribution in [0.15, 0.2) is 103 Å². The molecule has 2 heteroatoms. The Hall–Kier alpha value is -2.68. The van der Waals surface area contributed by atoms with Crippen LogP contribution in [0.4, 0.5) is 0 Å². The Balaban J connectivity index is 2.10. The van der Waals surface area contributed by atoms with Crippen LogP contribution in [0.1, 0.15) is 23.6 Å². The minimum Gasteiger partial charge on any atom is -0.396 e. The van der Waals surface area contributed by atoms with E-state index in [1.54, 1.807) is 0 Å². The van der Waals surface area contributed by atoms with Crippen molar-refractivity contribution < 1.29 is 5.11 Å². The van der Waals surface area contributed by atoms with Gasteiger partial charge in [-0.1, -0.05) is 110 Å². The Labute approximate surface area is 162 Å². The maximum absolute atomic E-state index is 9.26. The SMILES string of the molecule is CC(/C=C\CNC(c1ccccc1)(c1ccccc1)c1ccccc1)CO. The van der Waals surface area contributed by atoms with Gasteiger partial charge >= 0.3 is 0 Å². The number of aliphatic hydroxyl groups excluding tert-OH is 1. The van der Waals surface area contributed by atoms with Gasteiger partial charge in [0.15, 0.2) is 0 Å². The molecule has 0 aromatic heterocycles. The quantitative estimate of drug-likeness (QED) is 0.450. The molecule has 0 aliphatic heterocycles. The van der Waals surface area contributed by atoms with E-state index in [4.69, 9.17) is 0 Å². The molecule has 0 fully saturated rings. The number of aliphatic hydroxyl groups is 1. The summed E-state index contributed by atoms with van der Waals surface area (Å²) in [4.78, 5) is 0. The molecule has 138 valence electrons. The maximum atomic E-state index is 9.26. The van der Waals surface area contributed by atoms with Crippen molar-refractivity contribution in [2.24, 2.45) is 5.92 Å². The van der Waals surface area contributed by atoms with E-state index in [2.05, 4.69) is 90.3 Å².